The molecular weight excluding hydrogens is 266 g/mol. The molecule has 0 unspecified atom stereocenters. The van der Waals surface area contributed by atoms with E-state index in [2.05, 4.69) is 29.4 Å². The van der Waals surface area contributed by atoms with E-state index in [4.69, 9.17) is 0 Å². The van der Waals surface area contributed by atoms with E-state index >= 15 is 0 Å². The fourth-order valence-corrected chi connectivity index (χ4v) is 3.03. The maximum absolute atomic E-state index is 12.0. The Morgan fingerprint density at radius 3 is 2.67 bits per heavy atom. The van der Waals surface area contributed by atoms with E-state index in [1.807, 2.05) is 13.0 Å². The topological polar surface area (TPSA) is 72.0 Å². The Morgan fingerprint density at radius 1 is 1.29 bits per heavy atom. The van der Waals surface area contributed by atoms with Gasteiger partial charge in [0.05, 0.1) is 23.4 Å². The maximum Gasteiger partial charge on any atom is 0.231 e. The normalized spacial score (nSPS) is 24.9. The summed E-state index contributed by atoms with van der Waals surface area (Å²) >= 11 is 0. The summed E-state index contributed by atoms with van der Waals surface area (Å²) in [6.07, 6.45) is 2.51. The van der Waals surface area contributed by atoms with Crippen molar-refractivity contribution in [1.82, 2.24) is 15.5 Å². The van der Waals surface area contributed by atoms with Crippen LogP contribution in [-0.4, -0.2) is 21.9 Å². The van der Waals surface area contributed by atoms with Crippen molar-refractivity contribution in [1.29, 1.82) is 0 Å². The lowest BCUT2D eigenvalue weighted by Crippen LogP contribution is -2.27. The number of rotatable bonds is 3. The maximum atomic E-state index is 12.0. The Kier molecular flexibility index (Phi) is 3.35. The second-order valence-electron chi connectivity index (χ2n) is 6.25. The third kappa shape index (κ3) is 2.60. The van der Waals surface area contributed by atoms with E-state index in [1.54, 1.807) is 0 Å². The highest BCUT2D eigenvalue weighted by atomic mass is 16.2. The van der Waals surface area contributed by atoms with Gasteiger partial charge in [0.25, 0.3) is 0 Å². The molecule has 0 spiro atoms. The van der Waals surface area contributed by atoms with Crippen LogP contribution in [0.25, 0.3) is 5.57 Å². The van der Waals surface area contributed by atoms with Gasteiger partial charge in [0, 0.05) is 6.20 Å². The Balaban J connectivity index is 1.92. The molecule has 110 valence electrons. The molecule has 5 heteroatoms. The highest BCUT2D eigenvalue weighted by Crippen LogP contribution is 2.52. The average molecular weight is 285 g/mol. The van der Waals surface area contributed by atoms with Gasteiger partial charge in [-0.25, -0.2) is 0 Å². The van der Waals surface area contributed by atoms with Crippen LogP contribution in [0, 0.1) is 18.8 Å². The molecule has 2 heterocycles. The number of hydrogen-bond donors (Lipinski definition) is 1. The highest BCUT2D eigenvalue weighted by molar-refractivity contribution is 6.27. The van der Waals surface area contributed by atoms with E-state index in [0.29, 0.717) is 29.0 Å². The molecule has 2 atom stereocenters. The molecule has 2 aliphatic rings. The highest BCUT2D eigenvalue weighted by Gasteiger charge is 2.41. The van der Waals surface area contributed by atoms with Crippen LogP contribution in [0.2, 0.25) is 0 Å². The molecule has 1 N–H and O–H groups in total. The molecule has 0 saturated heterocycles. The Hall–Kier alpha value is -2.04. The number of allylic oxidation sites excluding steroid dienone is 1. The summed E-state index contributed by atoms with van der Waals surface area (Å²) < 4.78 is 0. The summed E-state index contributed by atoms with van der Waals surface area (Å²) in [7, 11) is 0. The SMILES string of the molecule is Cc1nnc(C2=CNC(=O)CC2=O)cc1[C@H]1C[C@@H]1C(C)C. The Bertz CT molecular complexity index is 649. The molecule has 1 aromatic rings. The van der Waals surface area contributed by atoms with E-state index < -0.39 is 0 Å². The van der Waals surface area contributed by atoms with Crippen LogP contribution in [-0.2, 0) is 9.59 Å². The van der Waals surface area contributed by atoms with Crippen LogP contribution in [0.15, 0.2) is 12.3 Å². The summed E-state index contributed by atoms with van der Waals surface area (Å²) in [6.45, 7) is 6.43. The van der Waals surface area contributed by atoms with E-state index in [-0.39, 0.29) is 18.1 Å². The van der Waals surface area contributed by atoms with Crippen LogP contribution >= 0.6 is 0 Å². The molecule has 21 heavy (non-hydrogen) atoms. The average Bonchev–Trinajstić information content (AvgIpc) is 3.20. The minimum atomic E-state index is -0.272. The van der Waals surface area contributed by atoms with Crippen molar-refractivity contribution < 1.29 is 9.59 Å². The minimum Gasteiger partial charge on any atom is -0.331 e. The van der Waals surface area contributed by atoms with Gasteiger partial charge in [-0.1, -0.05) is 13.8 Å². The number of hydrogen-bond acceptors (Lipinski definition) is 4. The molecule has 1 aliphatic heterocycles. The second-order valence-corrected chi connectivity index (χ2v) is 6.25. The lowest BCUT2D eigenvalue weighted by atomic mass is 9.98. The number of carbonyl (C=O) groups excluding carboxylic acids is 2. The lowest BCUT2D eigenvalue weighted by Gasteiger charge is -2.13. The zero-order valence-corrected chi connectivity index (χ0v) is 12.5. The number of nitrogens with one attached hydrogen (secondary N) is 1. The summed E-state index contributed by atoms with van der Waals surface area (Å²) in [5, 5.41) is 10.9. The number of ketones is 1. The van der Waals surface area contributed by atoms with Crippen LogP contribution < -0.4 is 5.32 Å². The first-order valence-electron chi connectivity index (χ1n) is 7.34. The first-order chi connectivity index (χ1) is 9.97. The molecule has 3 rings (SSSR count). The first-order valence-corrected chi connectivity index (χ1v) is 7.34. The van der Waals surface area contributed by atoms with Gasteiger partial charge in [0.15, 0.2) is 5.78 Å². The van der Waals surface area contributed by atoms with Gasteiger partial charge in [-0.3, -0.25) is 9.59 Å². The number of amides is 1. The summed E-state index contributed by atoms with van der Waals surface area (Å²) in [4.78, 5) is 23.2. The molecule has 1 amide bonds. The summed E-state index contributed by atoms with van der Waals surface area (Å²) in [5.41, 5.74) is 3.13. The standard InChI is InChI=1S/C16H19N3O2/c1-8(2)10-4-12(10)11-5-14(19-18-9(11)3)13-7-17-16(21)6-15(13)20/h5,7-8,10,12H,4,6H2,1-3H3,(H,17,21)/t10-,12+/m1/s1. The molecule has 0 aromatic carbocycles. The number of carbonyl (C=O) groups is 2. The molecule has 1 fully saturated rings. The van der Waals surface area contributed by atoms with E-state index in [1.165, 1.54) is 18.2 Å². The first kappa shape index (κ1) is 13.9. The molecule has 1 aliphatic carbocycles. The van der Waals surface area contributed by atoms with Crippen molar-refractivity contribution in [2.24, 2.45) is 11.8 Å². The zero-order chi connectivity index (χ0) is 15.1. The van der Waals surface area contributed by atoms with Gasteiger partial charge in [0.2, 0.25) is 5.91 Å². The summed E-state index contributed by atoms with van der Waals surface area (Å²) in [6, 6.07) is 1.97. The molecule has 0 radical (unpaired) electrons. The second kappa shape index (κ2) is 5.06. The number of aryl methyl sites for hydroxylation is 1. The third-order valence-corrected chi connectivity index (χ3v) is 4.39. The fourth-order valence-electron chi connectivity index (χ4n) is 3.03. The molecule has 1 saturated carbocycles. The number of nitrogens with zero attached hydrogens (tertiary/aromatic N) is 2. The molecular formula is C16H19N3O2. The van der Waals surface area contributed by atoms with E-state index in [0.717, 1.165) is 5.69 Å². The van der Waals surface area contributed by atoms with Crippen LogP contribution in [0.4, 0.5) is 0 Å². The Labute approximate surface area is 123 Å². The van der Waals surface area contributed by atoms with Crippen molar-refractivity contribution in [3.63, 3.8) is 0 Å². The molecule has 0 bridgehead atoms. The molecule has 1 aromatic heterocycles. The van der Waals surface area contributed by atoms with Crippen LogP contribution in [0.1, 0.15) is 49.6 Å². The zero-order valence-electron chi connectivity index (χ0n) is 12.5. The van der Waals surface area contributed by atoms with Crippen molar-refractivity contribution in [2.45, 2.75) is 39.5 Å². The van der Waals surface area contributed by atoms with Crippen molar-refractivity contribution in [3.05, 3.63) is 29.2 Å². The molecule has 5 nitrogen and oxygen atoms in total. The van der Waals surface area contributed by atoms with Crippen molar-refractivity contribution in [3.8, 4) is 0 Å². The minimum absolute atomic E-state index is 0.116. The smallest absolute Gasteiger partial charge is 0.231 e. The van der Waals surface area contributed by atoms with Crippen LogP contribution in [0.5, 0.6) is 0 Å². The van der Waals surface area contributed by atoms with Crippen molar-refractivity contribution >= 4 is 17.3 Å². The van der Waals surface area contributed by atoms with Gasteiger partial charge in [-0.05, 0) is 42.7 Å². The van der Waals surface area contributed by atoms with E-state index in [9.17, 15) is 9.59 Å². The number of Topliss-reactive ketones (excluding diaryl/α,β-unsaturated/α-hetero) is 1. The predicted octanol–water partition coefficient (Wildman–Crippen LogP) is 1.97. The van der Waals surface area contributed by atoms with Crippen molar-refractivity contribution in [2.75, 3.05) is 0 Å². The lowest BCUT2D eigenvalue weighted by molar-refractivity contribution is -0.125. The van der Waals surface area contributed by atoms with Gasteiger partial charge in [-0.2, -0.15) is 10.2 Å². The predicted molar refractivity (Wildman–Crippen MR) is 78.2 cm³/mol. The Morgan fingerprint density at radius 2 is 2.05 bits per heavy atom. The van der Waals surface area contributed by atoms with Gasteiger partial charge in [0.1, 0.15) is 0 Å². The fraction of sp³-hybridized carbons (Fsp3) is 0.500. The van der Waals surface area contributed by atoms with Crippen LogP contribution in [0.3, 0.4) is 0 Å². The third-order valence-electron chi connectivity index (χ3n) is 4.39. The van der Waals surface area contributed by atoms with Gasteiger partial charge < -0.3 is 5.32 Å². The monoisotopic (exact) mass is 285 g/mol. The van der Waals surface area contributed by atoms with Gasteiger partial charge in [-0.15, -0.1) is 0 Å². The number of aromatic nitrogens is 2. The largest absolute Gasteiger partial charge is 0.331 e. The summed E-state index contributed by atoms with van der Waals surface area (Å²) in [5.74, 6) is 1.40. The quantitative estimate of drug-likeness (QED) is 0.862. The van der Waals surface area contributed by atoms with Gasteiger partial charge >= 0.3 is 0 Å².